The van der Waals surface area contributed by atoms with Gasteiger partial charge in [0.15, 0.2) is 12.6 Å². The highest BCUT2D eigenvalue weighted by molar-refractivity contribution is 5.73. The molecule has 0 amide bonds. The van der Waals surface area contributed by atoms with Crippen LogP contribution in [-0.2, 0) is 33.2 Å². The average molecular weight is 719 g/mol. The van der Waals surface area contributed by atoms with E-state index in [1.807, 2.05) is 32.8 Å². The number of hydrogen-bond donors (Lipinski definition) is 5. The summed E-state index contributed by atoms with van der Waals surface area (Å²) in [7, 11) is 5.39. The molecule has 5 N–H and O–H groups in total. The number of methoxy groups -OCH3 is 1. The van der Waals surface area contributed by atoms with E-state index in [1.54, 1.807) is 34.6 Å². The van der Waals surface area contributed by atoms with Gasteiger partial charge in [0.2, 0.25) is 0 Å². The molecule has 3 aliphatic rings. The molecule has 3 fully saturated rings. The van der Waals surface area contributed by atoms with Crippen LogP contribution in [0.2, 0.25) is 0 Å². The monoisotopic (exact) mass is 718 g/mol. The lowest BCUT2D eigenvalue weighted by Gasteiger charge is -2.49. The van der Waals surface area contributed by atoms with Gasteiger partial charge in [0.05, 0.1) is 35.9 Å². The van der Waals surface area contributed by atoms with Crippen molar-refractivity contribution in [3.05, 3.63) is 0 Å². The van der Waals surface area contributed by atoms with Crippen LogP contribution in [0, 0.1) is 23.2 Å². The molecule has 294 valence electrons. The Morgan fingerprint density at radius 1 is 0.900 bits per heavy atom. The van der Waals surface area contributed by atoms with Gasteiger partial charge in [-0.3, -0.25) is 4.79 Å². The molecule has 0 aromatic carbocycles. The smallest absolute Gasteiger partial charge is 0.311 e. The van der Waals surface area contributed by atoms with Crippen LogP contribution in [0.15, 0.2) is 0 Å². The highest BCUT2D eigenvalue weighted by Gasteiger charge is 2.51. The Labute approximate surface area is 300 Å². The maximum Gasteiger partial charge on any atom is 0.311 e. The van der Waals surface area contributed by atoms with Crippen molar-refractivity contribution in [1.29, 1.82) is 0 Å². The summed E-state index contributed by atoms with van der Waals surface area (Å²) in [6.07, 6.45) is -6.69. The zero-order valence-corrected chi connectivity index (χ0v) is 33.1. The molecule has 0 aromatic heterocycles. The van der Waals surface area contributed by atoms with Crippen molar-refractivity contribution < 1.29 is 53.6 Å². The molecule has 0 radical (unpaired) electrons. The zero-order chi connectivity index (χ0) is 38.1. The van der Waals surface area contributed by atoms with Gasteiger partial charge in [-0.15, -0.1) is 0 Å². The number of carbonyl (C=O) groups excluding carboxylic acids is 1. The Morgan fingerprint density at radius 2 is 1.52 bits per heavy atom. The van der Waals surface area contributed by atoms with Crippen molar-refractivity contribution in [3.8, 4) is 0 Å². The maximum atomic E-state index is 14.0. The average Bonchev–Trinajstić information content (AvgIpc) is 3.03. The molecular formula is C37H70N2O11. The van der Waals surface area contributed by atoms with E-state index in [-0.39, 0.29) is 24.5 Å². The van der Waals surface area contributed by atoms with Crippen LogP contribution >= 0.6 is 0 Å². The summed E-state index contributed by atoms with van der Waals surface area (Å²) in [5.74, 6) is -1.93. The van der Waals surface area contributed by atoms with Crippen LogP contribution in [0.5, 0.6) is 0 Å². The SMILES string of the molecule is COC1(C)CC(O[C@H]2[C@H](C)[C@@H](OC3OC(C)CC(N(C)C)C3O)C(C)(C)C[C@@H](C)CN[C@H](C)[C@@H](O)[C@](C)(O)[C@@H](C)OC(=O)[C@@H]2C)OC(C)C1O. The number of aliphatic hydroxyl groups is 4. The molecule has 0 spiro atoms. The minimum Gasteiger partial charge on any atom is -0.459 e. The number of esters is 1. The molecule has 8 unspecified atom stereocenters. The van der Waals surface area contributed by atoms with Crippen molar-refractivity contribution in [3.63, 3.8) is 0 Å². The third-order valence-electron chi connectivity index (χ3n) is 11.8. The second-order valence-corrected chi connectivity index (χ2v) is 17.1. The molecule has 0 aliphatic carbocycles. The van der Waals surface area contributed by atoms with Gasteiger partial charge in [-0.2, -0.15) is 0 Å². The molecule has 50 heavy (non-hydrogen) atoms. The highest BCUT2D eigenvalue weighted by atomic mass is 16.7. The fraction of sp³-hybridized carbons (Fsp3) is 0.973. The van der Waals surface area contributed by atoms with Crippen molar-refractivity contribution in [2.45, 2.75) is 180 Å². The maximum absolute atomic E-state index is 14.0. The Balaban J connectivity index is 2.13. The molecule has 3 saturated heterocycles. The molecule has 3 rings (SSSR count). The molecule has 13 nitrogen and oxygen atoms in total. The van der Waals surface area contributed by atoms with Crippen LogP contribution in [0.3, 0.4) is 0 Å². The number of cyclic esters (lactones) is 1. The molecule has 3 aliphatic heterocycles. The van der Waals surface area contributed by atoms with E-state index >= 15 is 0 Å². The van der Waals surface area contributed by atoms with Crippen LogP contribution in [0.1, 0.15) is 95.4 Å². The largest absolute Gasteiger partial charge is 0.459 e. The van der Waals surface area contributed by atoms with Crippen molar-refractivity contribution in [2.75, 3.05) is 27.7 Å². The van der Waals surface area contributed by atoms with Gasteiger partial charge in [-0.1, -0.05) is 27.7 Å². The Bertz CT molecular complexity index is 1090. The van der Waals surface area contributed by atoms with Crippen LogP contribution in [-0.4, -0.2) is 144 Å². The second kappa shape index (κ2) is 17.0. The number of rotatable bonds is 6. The first-order valence-electron chi connectivity index (χ1n) is 18.5. The van der Waals surface area contributed by atoms with Crippen LogP contribution < -0.4 is 5.32 Å². The lowest BCUT2D eigenvalue weighted by Crippen LogP contribution is -2.59. The van der Waals surface area contributed by atoms with Crippen LogP contribution in [0.25, 0.3) is 0 Å². The molecule has 3 heterocycles. The van der Waals surface area contributed by atoms with E-state index in [1.165, 1.54) is 14.0 Å². The van der Waals surface area contributed by atoms with E-state index < -0.39 is 95.8 Å². The van der Waals surface area contributed by atoms with Gasteiger partial charge >= 0.3 is 5.97 Å². The van der Waals surface area contributed by atoms with Gasteiger partial charge in [0.25, 0.3) is 0 Å². The van der Waals surface area contributed by atoms with Crippen molar-refractivity contribution >= 4 is 5.97 Å². The van der Waals surface area contributed by atoms with Gasteiger partial charge < -0.3 is 59.1 Å². The molecular weight excluding hydrogens is 648 g/mol. The predicted octanol–water partition coefficient (Wildman–Crippen LogP) is 2.44. The third kappa shape index (κ3) is 9.76. The molecule has 17 atom stereocenters. The lowest BCUT2D eigenvalue weighted by molar-refractivity contribution is -0.313. The summed E-state index contributed by atoms with van der Waals surface area (Å²) in [5.41, 5.74) is -3.28. The third-order valence-corrected chi connectivity index (χ3v) is 11.8. The summed E-state index contributed by atoms with van der Waals surface area (Å²) >= 11 is 0. The molecule has 0 bridgehead atoms. The van der Waals surface area contributed by atoms with E-state index in [4.69, 9.17) is 28.4 Å². The topological polar surface area (TPSA) is 169 Å². The summed E-state index contributed by atoms with van der Waals surface area (Å²) < 4.78 is 37.8. The summed E-state index contributed by atoms with van der Waals surface area (Å²) in [6, 6.07) is -0.696. The summed E-state index contributed by atoms with van der Waals surface area (Å²) in [5, 5.41) is 48.5. The van der Waals surface area contributed by atoms with Gasteiger partial charge in [0.1, 0.15) is 30.0 Å². The predicted molar refractivity (Wildman–Crippen MR) is 188 cm³/mol. The first-order valence-corrected chi connectivity index (χ1v) is 18.5. The molecule has 13 heteroatoms. The summed E-state index contributed by atoms with van der Waals surface area (Å²) in [6.45, 7) is 20.9. The lowest BCUT2D eigenvalue weighted by atomic mass is 9.71. The number of hydrogen-bond acceptors (Lipinski definition) is 13. The number of carbonyl (C=O) groups is 1. The molecule has 0 saturated carbocycles. The van der Waals surface area contributed by atoms with Gasteiger partial charge in [0, 0.05) is 31.5 Å². The van der Waals surface area contributed by atoms with Gasteiger partial charge in [-0.05, 0) is 93.3 Å². The first kappa shape index (κ1) is 43.4. The van der Waals surface area contributed by atoms with Gasteiger partial charge in [-0.25, -0.2) is 0 Å². The number of nitrogens with one attached hydrogen (secondary N) is 1. The number of ether oxygens (including phenoxy) is 6. The normalized spacial score (nSPS) is 48.8. The minimum atomic E-state index is -1.76. The quantitative estimate of drug-likeness (QED) is 0.254. The Hall–Kier alpha value is -0.970. The number of likely N-dealkylation sites (N-methyl/N-ethyl adjacent to an activating group) is 1. The zero-order valence-electron chi connectivity index (χ0n) is 33.1. The van der Waals surface area contributed by atoms with E-state index in [0.29, 0.717) is 19.4 Å². The molecule has 0 aromatic rings. The van der Waals surface area contributed by atoms with Crippen LogP contribution in [0.4, 0.5) is 0 Å². The summed E-state index contributed by atoms with van der Waals surface area (Å²) in [4.78, 5) is 16.0. The second-order valence-electron chi connectivity index (χ2n) is 17.1. The van der Waals surface area contributed by atoms with Crippen molar-refractivity contribution in [2.24, 2.45) is 23.2 Å². The number of aliphatic hydroxyl groups excluding tert-OH is 3. The van der Waals surface area contributed by atoms with E-state index in [0.717, 1.165) is 0 Å². The fourth-order valence-corrected chi connectivity index (χ4v) is 8.32. The number of nitrogens with zero attached hydrogens (tertiary/aromatic N) is 1. The fourth-order valence-electron chi connectivity index (χ4n) is 8.32. The Morgan fingerprint density at radius 3 is 2.10 bits per heavy atom. The van der Waals surface area contributed by atoms with E-state index in [9.17, 15) is 25.2 Å². The minimum absolute atomic E-state index is 0.0946. The standard InChI is InChI=1S/C37H70N2O11/c1-19-16-35(8,9)32(50-34-28(40)26(39(12)13)15-20(2)46-34)21(3)29(49-27-17-36(10,45-14)31(42)24(6)47-27)22(4)33(43)48-25(7)37(11,44)30(41)23(5)38-18-19/h19-32,34,38,40-42,44H,15-18H2,1-14H3/t19-,20?,21+,22-,23-,24?,25-,26?,27?,28?,29+,30-,31?,32-,34?,36?,37-/m1/s1. The Kier molecular flexibility index (Phi) is 14.8. The van der Waals surface area contributed by atoms with Crippen molar-refractivity contribution in [1.82, 2.24) is 10.2 Å². The van der Waals surface area contributed by atoms with E-state index in [2.05, 4.69) is 26.1 Å². The highest BCUT2D eigenvalue weighted by Crippen LogP contribution is 2.42. The first-order chi connectivity index (χ1) is 23.0.